The molecule has 0 atom stereocenters. The maximum absolute atomic E-state index is 9.24. The molecule has 3 rings (SSSR count). The fraction of sp³-hybridized carbons (Fsp3) is 0. The van der Waals surface area contributed by atoms with E-state index in [1.807, 2.05) is 18.3 Å². The Balaban J connectivity index is 0.000000810. The van der Waals surface area contributed by atoms with Crippen molar-refractivity contribution in [2.45, 2.75) is 0 Å². The van der Waals surface area contributed by atoms with Crippen LogP contribution in [0.2, 0.25) is 0 Å². The van der Waals surface area contributed by atoms with Gasteiger partial charge in [0.05, 0.1) is 0 Å². The highest BCUT2D eigenvalue weighted by Gasteiger charge is 2.00. The zero-order valence-corrected chi connectivity index (χ0v) is 11.1. The summed E-state index contributed by atoms with van der Waals surface area (Å²) in [5.41, 5.74) is 3.38. The van der Waals surface area contributed by atoms with Crippen molar-refractivity contribution in [2.75, 3.05) is 0 Å². The number of aromatic nitrogens is 1. The molecule has 1 heterocycles. The average Bonchev–Trinajstić information content (AvgIpc) is 2.77. The van der Waals surface area contributed by atoms with Crippen molar-refractivity contribution in [3.63, 3.8) is 0 Å². The van der Waals surface area contributed by atoms with Gasteiger partial charge in [-0.15, -0.1) is 24.8 Å². The van der Waals surface area contributed by atoms with Crippen molar-refractivity contribution in [3.8, 4) is 16.9 Å². The number of halogens is 2. The Morgan fingerprint density at radius 3 is 2.17 bits per heavy atom. The smallest absolute Gasteiger partial charge is 0.115 e. The van der Waals surface area contributed by atoms with Crippen molar-refractivity contribution in [1.29, 1.82) is 0 Å². The molecule has 0 saturated carbocycles. The van der Waals surface area contributed by atoms with Crippen LogP contribution in [0.1, 0.15) is 0 Å². The molecule has 3 aromatic rings. The lowest BCUT2D eigenvalue weighted by atomic mass is 10.0. The lowest BCUT2D eigenvalue weighted by Crippen LogP contribution is -1.77. The van der Waals surface area contributed by atoms with E-state index in [1.165, 1.54) is 5.39 Å². The predicted molar refractivity (Wildman–Crippen MR) is 79.9 cm³/mol. The van der Waals surface area contributed by atoms with Gasteiger partial charge in [-0.05, 0) is 40.8 Å². The van der Waals surface area contributed by atoms with Crippen molar-refractivity contribution in [3.05, 3.63) is 54.7 Å². The summed E-state index contributed by atoms with van der Waals surface area (Å²) in [6.45, 7) is 0. The van der Waals surface area contributed by atoms with Crippen LogP contribution < -0.4 is 0 Å². The third-order valence-electron chi connectivity index (χ3n) is 2.76. The van der Waals surface area contributed by atoms with Gasteiger partial charge in [0.25, 0.3) is 0 Å². The number of fused-ring (bicyclic) bond motifs is 1. The third kappa shape index (κ3) is 2.61. The van der Waals surface area contributed by atoms with E-state index in [0.717, 1.165) is 16.6 Å². The van der Waals surface area contributed by atoms with E-state index in [2.05, 4.69) is 29.2 Å². The number of aromatic hydroxyl groups is 1. The van der Waals surface area contributed by atoms with Crippen LogP contribution in [-0.4, -0.2) is 10.1 Å². The van der Waals surface area contributed by atoms with Crippen LogP contribution in [0, 0.1) is 0 Å². The van der Waals surface area contributed by atoms with Crippen LogP contribution in [0.15, 0.2) is 54.7 Å². The molecule has 0 fully saturated rings. The van der Waals surface area contributed by atoms with Gasteiger partial charge in [0.2, 0.25) is 0 Å². The van der Waals surface area contributed by atoms with Gasteiger partial charge in [0.1, 0.15) is 5.75 Å². The first-order valence-electron chi connectivity index (χ1n) is 5.19. The van der Waals surface area contributed by atoms with E-state index in [-0.39, 0.29) is 24.8 Å². The molecule has 0 aliphatic rings. The molecule has 0 amide bonds. The standard InChI is InChI=1S/C14H11NO.2ClH/c16-13-5-3-10(4-6-13)12-2-1-11-7-8-15-14(11)9-12;;/h1-9,15-16H;2*1H. The molecule has 0 unspecified atom stereocenters. The maximum Gasteiger partial charge on any atom is 0.115 e. The van der Waals surface area contributed by atoms with Crippen LogP contribution in [0.5, 0.6) is 5.75 Å². The summed E-state index contributed by atoms with van der Waals surface area (Å²) in [4.78, 5) is 3.19. The van der Waals surface area contributed by atoms with E-state index < -0.39 is 0 Å². The number of H-pyrrole nitrogens is 1. The van der Waals surface area contributed by atoms with Gasteiger partial charge in [-0.2, -0.15) is 0 Å². The Bertz CT molecular complexity index is 632. The van der Waals surface area contributed by atoms with Crippen molar-refractivity contribution in [1.82, 2.24) is 4.98 Å². The van der Waals surface area contributed by atoms with Crippen LogP contribution in [0.4, 0.5) is 0 Å². The summed E-state index contributed by atoms with van der Waals surface area (Å²) in [7, 11) is 0. The second-order valence-electron chi connectivity index (χ2n) is 3.83. The quantitative estimate of drug-likeness (QED) is 0.682. The summed E-state index contributed by atoms with van der Waals surface area (Å²) in [5, 5.41) is 10.4. The minimum absolute atomic E-state index is 0. The zero-order valence-electron chi connectivity index (χ0n) is 9.46. The van der Waals surface area contributed by atoms with Crippen molar-refractivity contribution >= 4 is 35.7 Å². The van der Waals surface area contributed by atoms with Crippen LogP contribution in [0.3, 0.4) is 0 Å². The molecule has 2 nitrogen and oxygen atoms in total. The number of hydrogen-bond donors (Lipinski definition) is 2. The lowest BCUT2D eigenvalue weighted by molar-refractivity contribution is 0.475. The highest BCUT2D eigenvalue weighted by Crippen LogP contribution is 2.25. The molecule has 2 aromatic carbocycles. The van der Waals surface area contributed by atoms with Gasteiger partial charge in [-0.25, -0.2) is 0 Å². The van der Waals surface area contributed by atoms with E-state index in [4.69, 9.17) is 0 Å². The highest BCUT2D eigenvalue weighted by atomic mass is 35.5. The number of phenols is 1. The van der Waals surface area contributed by atoms with Gasteiger partial charge >= 0.3 is 0 Å². The summed E-state index contributed by atoms with van der Waals surface area (Å²) in [6, 6.07) is 15.6. The third-order valence-corrected chi connectivity index (χ3v) is 2.76. The fourth-order valence-corrected chi connectivity index (χ4v) is 1.88. The SMILES string of the molecule is Cl.Cl.Oc1ccc(-c2ccc3cc[nH]c3c2)cc1. The topological polar surface area (TPSA) is 36.0 Å². The van der Waals surface area contributed by atoms with E-state index in [9.17, 15) is 5.11 Å². The van der Waals surface area contributed by atoms with Gasteiger partial charge < -0.3 is 10.1 Å². The van der Waals surface area contributed by atoms with E-state index in [1.54, 1.807) is 12.1 Å². The van der Waals surface area contributed by atoms with Crippen molar-refractivity contribution < 1.29 is 5.11 Å². The average molecular weight is 282 g/mol. The summed E-state index contributed by atoms with van der Waals surface area (Å²) >= 11 is 0. The first-order chi connectivity index (χ1) is 7.83. The predicted octanol–water partition coefficient (Wildman–Crippen LogP) is 4.38. The number of phenolic OH excluding ortho intramolecular Hbond substituents is 1. The molecular formula is C14H13Cl2NO. The Hall–Kier alpha value is -1.64. The molecule has 1 aromatic heterocycles. The molecular weight excluding hydrogens is 269 g/mol. The van der Waals surface area contributed by atoms with Crippen LogP contribution >= 0.6 is 24.8 Å². The minimum atomic E-state index is 0. The second kappa shape index (κ2) is 5.80. The molecule has 0 radical (unpaired) electrons. The van der Waals surface area contributed by atoms with Gasteiger partial charge in [0.15, 0.2) is 0 Å². The highest BCUT2D eigenvalue weighted by molar-refractivity contribution is 5.86. The molecule has 0 aliphatic heterocycles. The molecule has 4 heteroatoms. The van der Waals surface area contributed by atoms with E-state index >= 15 is 0 Å². The molecule has 94 valence electrons. The first-order valence-corrected chi connectivity index (χ1v) is 5.19. The monoisotopic (exact) mass is 281 g/mol. The Labute approximate surface area is 117 Å². The first kappa shape index (κ1) is 14.4. The summed E-state index contributed by atoms with van der Waals surface area (Å²) in [5.74, 6) is 0.296. The molecule has 0 aliphatic carbocycles. The molecule has 0 spiro atoms. The van der Waals surface area contributed by atoms with Gasteiger partial charge in [-0.3, -0.25) is 0 Å². The summed E-state index contributed by atoms with van der Waals surface area (Å²) in [6.07, 6.45) is 1.94. The van der Waals surface area contributed by atoms with Crippen LogP contribution in [0.25, 0.3) is 22.0 Å². The van der Waals surface area contributed by atoms with Crippen LogP contribution in [-0.2, 0) is 0 Å². The molecule has 18 heavy (non-hydrogen) atoms. The summed E-state index contributed by atoms with van der Waals surface area (Å²) < 4.78 is 0. The van der Waals surface area contributed by atoms with E-state index in [0.29, 0.717) is 5.75 Å². The minimum Gasteiger partial charge on any atom is -0.508 e. The number of hydrogen-bond acceptors (Lipinski definition) is 1. The Morgan fingerprint density at radius 2 is 1.44 bits per heavy atom. The molecule has 2 N–H and O–H groups in total. The fourth-order valence-electron chi connectivity index (χ4n) is 1.88. The molecule has 0 saturated heterocycles. The maximum atomic E-state index is 9.24. The number of benzene rings is 2. The lowest BCUT2D eigenvalue weighted by Gasteiger charge is -2.02. The normalized spacial score (nSPS) is 9.56. The second-order valence-corrected chi connectivity index (χ2v) is 3.83. The zero-order chi connectivity index (χ0) is 11.0. The molecule has 0 bridgehead atoms. The van der Waals surface area contributed by atoms with Gasteiger partial charge in [-0.1, -0.05) is 24.3 Å². The number of nitrogens with one attached hydrogen (secondary N) is 1. The largest absolute Gasteiger partial charge is 0.508 e. The Morgan fingerprint density at radius 1 is 0.778 bits per heavy atom. The number of aromatic amines is 1. The Kier molecular flexibility index (Phi) is 4.65. The van der Waals surface area contributed by atoms with Crippen molar-refractivity contribution in [2.24, 2.45) is 0 Å². The van der Waals surface area contributed by atoms with Gasteiger partial charge in [0, 0.05) is 11.7 Å². The number of rotatable bonds is 1.